The van der Waals surface area contributed by atoms with Gasteiger partial charge in [-0.25, -0.2) is 0 Å². The van der Waals surface area contributed by atoms with Crippen molar-refractivity contribution in [1.29, 1.82) is 0 Å². The Morgan fingerprint density at radius 3 is 3.12 bits per heavy atom. The van der Waals surface area contributed by atoms with Crippen LogP contribution < -0.4 is 5.32 Å². The number of halogens is 1. The molecule has 3 atom stereocenters. The zero-order chi connectivity index (χ0) is 16.6. The van der Waals surface area contributed by atoms with E-state index in [0.717, 1.165) is 50.3 Å². The number of hydrogen-bond donors (Lipinski definition) is 1. The summed E-state index contributed by atoms with van der Waals surface area (Å²) in [5, 5.41) is 4.52. The van der Waals surface area contributed by atoms with Crippen LogP contribution in [0.4, 0.5) is 0 Å². The summed E-state index contributed by atoms with van der Waals surface area (Å²) < 4.78 is 5.65. The largest absolute Gasteiger partial charge is 0.381 e. The first-order valence-electron chi connectivity index (χ1n) is 9.08. The van der Waals surface area contributed by atoms with Gasteiger partial charge in [-0.2, -0.15) is 0 Å². The zero-order valence-corrected chi connectivity index (χ0v) is 15.1. The monoisotopic (exact) mass is 347 g/mol. The molecule has 1 saturated carbocycles. The van der Waals surface area contributed by atoms with Gasteiger partial charge >= 0.3 is 0 Å². The van der Waals surface area contributed by atoms with E-state index in [-0.39, 0.29) is 0 Å². The summed E-state index contributed by atoms with van der Waals surface area (Å²) in [6, 6.07) is 8.72. The predicted octanol–water partition coefficient (Wildman–Crippen LogP) is 3.27. The Morgan fingerprint density at radius 2 is 2.38 bits per heavy atom. The Balaban J connectivity index is 1.40. The lowest BCUT2D eigenvalue weighted by Crippen LogP contribution is -2.43. The van der Waals surface area contributed by atoms with Crippen LogP contribution in [0.1, 0.15) is 37.7 Å². The standard InChI is InChI=1S/C19H26ClN3O/c1-2-21-18(23-8-6-19(12-23)7-9-24-13-19)22-17-11-16(17)14-4-3-5-15(20)10-14/h3-5,10,16-17H,2,6-9,11-13H2,1H3,(H,21,22). The van der Waals surface area contributed by atoms with E-state index in [2.05, 4.69) is 29.3 Å². The molecule has 0 radical (unpaired) electrons. The molecule has 4 nitrogen and oxygen atoms in total. The Labute approximate surface area is 149 Å². The Hall–Kier alpha value is -1.26. The maximum atomic E-state index is 6.13. The number of benzene rings is 1. The highest BCUT2D eigenvalue weighted by Crippen LogP contribution is 2.42. The van der Waals surface area contributed by atoms with Crippen molar-refractivity contribution >= 4 is 17.6 Å². The first kappa shape index (κ1) is 16.2. The molecule has 4 rings (SSSR count). The maximum absolute atomic E-state index is 6.13. The highest BCUT2D eigenvalue weighted by molar-refractivity contribution is 6.30. The molecule has 1 spiro atoms. The van der Waals surface area contributed by atoms with E-state index in [4.69, 9.17) is 21.3 Å². The van der Waals surface area contributed by atoms with Crippen molar-refractivity contribution in [2.24, 2.45) is 10.4 Å². The SMILES string of the molecule is CCN=C(NC1CC1c1cccc(Cl)c1)N1CCC2(CCOC2)C1. The number of guanidine groups is 1. The molecule has 3 unspecified atom stereocenters. The number of hydrogen-bond acceptors (Lipinski definition) is 2. The average Bonchev–Trinajstić information content (AvgIpc) is 3.01. The quantitative estimate of drug-likeness (QED) is 0.673. The van der Waals surface area contributed by atoms with Crippen LogP contribution in [-0.4, -0.2) is 49.7 Å². The summed E-state index contributed by atoms with van der Waals surface area (Å²) in [6.07, 6.45) is 3.57. The van der Waals surface area contributed by atoms with Gasteiger partial charge in [-0.05, 0) is 43.9 Å². The van der Waals surface area contributed by atoms with Crippen molar-refractivity contribution < 1.29 is 4.74 Å². The van der Waals surface area contributed by atoms with Crippen LogP contribution in [0.15, 0.2) is 29.3 Å². The average molecular weight is 348 g/mol. The van der Waals surface area contributed by atoms with Gasteiger partial charge < -0.3 is 15.0 Å². The lowest BCUT2D eigenvalue weighted by Gasteiger charge is -2.25. The minimum atomic E-state index is 0.367. The Morgan fingerprint density at radius 1 is 1.46 bits per heavy atom. The molecule has 5 heteroatoms. The van der Waals surface area contributed by atoms with Crippen LogP contribution in [0.5, 0.6) is 0 Å². The summed E-state index contributed by atoms with van der Waals surface area (Å²) in [4.78, 5) is 7.19. The molecule has 1 aromatic carbocycles. The van der Waals surface area contributed by atoms with E-state index in [1.165, 1.54) is 18.4 Å². The summed E-state index contributed by atoms with van der Waals surface area (Å²) in [7, 11) is 0. The fourth-order valence-electron chi connectivity index (χ4n) is 4.10. The molecule has 2 aliphatic heterocycles. The van der Waals surface area contributed by atoms with Crippen molar-refractivity contribution in [2.45, 2.75) is 38.1 Å². The molecule has 0 amide bonds. The van der Waals surface area contributed by atoms with Gasteiger partial charge in [0.2, 0.25) is 0 Å². The third kappa shape index (κ3) is 3.27. The lowest BCUT2D eigenvalue weighted by molar-refractivity contribution is 0.156. The van der Waals surface area contributed by atoms with Gasteiger partial charge in [0.25, 0.3) is 0 Å². The summed E-state index contributed by atoms with van der Waals surface area (Å²) in [5.41, 5.74) is 1.70. The number of likely N-dealkylation sites (tertiary alicyclic amines) is 1. The van der Waals surface area contributed by atoms with Gasteiger partial charge in [0, 0.05) is 48.6 Å². The number of rotatable bonds is 3. The second kappa shape index (κ2) is 6.57. The molecular formula is C19H26ClN3O. The van der Waals surface area contributed by atoms with Gasteiger partial charge in [0.1, 0.15) is 0 Å². The van der Waals surface area contributed by atoms with Gasteiger partial charge in [-0.15, -0.1) is 0 Å². The molecule has 2 saturated heterocycles. The molecule has 1 aromatic rings. The van der Waals surface area contributed by atoms with Crippen molar-refractivity contribution in [2.75, 3.05) is 32.8 Å². The lowest BCUT2D eigenvalue weighted by atomic mass is 9.87. The molecule has 0 bridgehead atoms. The second-order valence-electron chi connectivity index (χ2n) is 7.42. The fraction of sp³-hybridized carbons (Fsp3) is 0.632. The molecule has 3 aliphatic rings. The number of nitrogens with one attached hydrogen (secondary N) is 1. The zero-order valence-electron chi connectivity index (χ0n) is 14.3. The van der Waals surface area contributed by atoms with E-state index in [0.29, 0.717) is 17.4 Å². The first-order valence-corrected chi connectivity index (χ1v) is 9.46. The second-order valence-corrected chi connectivity index (χ2v) is 7.86. The van der Waals surface area contributed by atoms with Crippen molar-refractivity contribution in [3.63, 3.8) is 0 Å². The Kier molecular flexibility index (Phi) is 4.44. The van der Waals surface area contributed by atoms with Crippen LogP contribution in [0.3, 0.4) is 0 Å². The van der Waals surface area contributed by atoms with Gasteiger partial charge in [0.05, 0.1) is 6.61 Å². The minimum Gasteiger partial charge on any atom is -0.381 e. The summed E-state index contributed by atoms with van der Waals surface area (Å²) in [5.74, 6) is 1.63. The first-order chi connectivity index (χ1) is 11.7. The predicted molar refractivity (Wildman–Crippen MR) is 97.8 cm³/mol. The van der Waals surface area contributed by atoms with Crippen molar-refractivity contribution in [3.8, 4) is 0 Å². The van der Waals surface area contributed by atoms with E-state index in [9.17, 15) is 0 Å². The van der Waals surface area contributed by atoms with E-state index in [1.807, 2.05) is 12.1 Å². The van der Waals surface area contributed by atoms with Crippen LogP contribution in [0.2, 0.25) is 5.02 Å². The fourth-order valence-corrected chi connectivity index (χ4v) is 4.30. The van der Waals surface area contributed by atoms with Crippen LogP contribution in [0.25, 0.3) is 0 Å². The Bertz CT molecular complexity index is 627. The number of nitrogens with zero attached hydrogens (tertiary/aromatic N) is 2. The third-order valence-corrected chi connectivity index (χ3v) is 5.85. The molecular weight excluding hydrogens is 322 g/mol. The van der Waals surface area contributed by atoms with Crippen LogP contribution in [-0.2, 0) is 4.74 Å². The van der Waals surface area contributed by atoms with E-state index in [1.54, 1.807) is 0 Å². The number of aliphatic imine (C=N–C) groups is 1. The van der Waals surface area contributed by atoms with E-state index >= 15 is 0 Å². The van der Waals surface area contributed by atoms with Gasteiger partial charge in [-0.1, -0.05) is 23.7 Å². The molecule has 2 heterocycles. The summed E-state index contributed by atoms with van der Waals surface area (Å²) in [6.45, 7) is 6.92. The van der Waals surface area contributed by atoms with Gasteiger partial charge in [0.15, 0.2) is 5.96 Å². The topological polar surface area (TPSA) is 36.9 Å². The molecule has 0 aromatic heterocycles. The molecule has 130 valence electrons. The van der Waals surface area contributed by atoms with Gasteiger partial charge in [-0.3, -0.25) is 4.99 Å². The molecule has 1 N–H and O–H groups in total. The normalized spacial score (nSPS) is 32.6. The smallest absolute Gasteiger partial charge is 0.194 e. The van der Waals surface area contributed by atoms with Crippen molar-refractivity contribution in [1.82, 2.24) is 10.2 Å². The molecule has 3 fully saturated rings. The molecule has 1 aliphatic carbocycles. The number of ether oxygens (including phenoxy) is 1. The highest BCUT2D eigenvalue weighted by atomic mass is 35.5. The van der Waals surface area contributed by atoms with Crippen molar-refractivity contribution in [3.05, 3.63) is 34.9 Å². The van der Waals surface area contributed by atoms with E-state index < -0.39 is 0 Å². The minimum absolute atomic E-state index is 0.367. The summed E-state index contributed by atoms with van der Waals surface area (Å²) >= 11 is 6.13. The highest BCUT2D eigenvalue weighted by Gasteiger charge is 2.44. The van der Waals surface area contributed by atoms with Crippen LogP contribution in [0, 0.1) is 5.41 Å². The molecule has 24 heavy (non-hydrogen) atoms. The van der Waals surface area contributed by atoms with Crippen LogP contribution >= 0.6 is 11.6 Å². The maximum Gasteiger partial charge on any atom is 0.194 e. The third-order valence-electron chi connectivity index (χ3n) is 5.61.